The summed E-state index contributed by atoms with van der Waals surface area (Å²) in [6, 6.07) is 13.5. The molecule has 1 heterocycles. The molecule has 0 radical (unpaired) electrons. The molecule has 30 heavy (non-hydrogen) atoms. The van der Waals surface area contributed by atoms with Crippen molar-refractivity contribution in [2.45, 2.75) is 26.4 Å². The zero-order chi connectivity index (χ0) is 21.7. The van der Waals surface area contributed by atoms with Crippen LogP contribution in [-0.2, 0) is 4.79 Å². The summed E-state index contributed by atoms with van der Waals surface area (Å²) in [6.07, 6.45) is -0.473. The molecule has 8 heteroatoms. The summed E-state index contributed by atoms with van der Waals surface area (Å²) in [5.41, 5.74) is 1.48. The van der Waals surface area contributed by atoms with Gasteiger partial charge in [0.15, 0.2) is 6.10 Å². The van der Waals surface area contributed by atoms with E-state index in [9.17, 15) is 14.0 Å². The van der Waals surface area contributed by atoms with Gasteiger partial charge in [-0.05, 0) is 55.3 Å². The molecule has 0 saturated heterocycles. The highest BCUT2D eigenvalue weighted by atomic mass is 19.1. The minimum Gasteiger partial charge on any atom is -0.495 e. The standard InChI is InChI=1S/C22H22FN3O4/c1-4-18(22(28)24-17-13-14(2)5-10-19(17)29-3)30-20-11-12-21(27)26(25-20)16-8-6-15(23)7-9-16/h5-13,18H,4H2,1-3H3,(H,24,28). The number of benzene rings is 2. The van der Waals surface area contributed by atoms with Gasteiger partial charge in [0, 0.05) is 12.1 Å². The van der Waals surface area contributed by atoms with Gasteiger partial charge >= 0.3 is 0 Å². The van der Waals surface area contributed by atoms with Gasteiger partial charge in [-0.1, -0.05) is 13.0 Å². The number of hydrogen-bond donors (Lipinski definition) is 1. The van der Waals surface area contributed by atoms with Gasteiger partial charge in [0.25, 0.3) is 11.5 Å². The summed E-state index contributed by atoms with van der Waals surface area (Å²) < 4.78 is 25.3. The van der Waals surface area contributed by atoms with Crippen LogP contribution in [0.15, 0.2) is 59.4 Å². The third-order valence-electron chi connectivity index (χ3n) is 4.39. The Hall–Kier alpha value is -3.68. The second-order valence-electron chi connectivity index (χ2n) is 6.61. The molecule has 1 unspecified atom stereocenters. The summed E-state index contributed by atoms with van der Waals surface area (Å²) >= 11 is 0. The van der Waals surface area contributed by atoms with Crippen molar-refractivity contribution in [2.24, 2.45) is 0 Å². The van der Waals surface area contributed by atoms with E-state index in [1.807, 2.05) is 13.0 Å². The quantitative estimate of drug-likeness (QED) is 0.644. The van der Waals surface area contributed by atoms with Crippen molar-refractivity contribution in [3.8, 4) is 17.3 Å². The largest absolute Gasteiger partial charge is 0.495 e. The van der Waals surface area contributed by atoms with Gasteiger partial charge in [-0.2, -0.15) is 4.68 Å². The maximum absolute atomic E-state index is 13.2. The van der Waals surface area contributed by atoms with Crippen LogP contribution in [0.3, 0.4) is 0 Å². The van der Waals surface area contributed by atoms with Crippen LogP contribution in [0.4, 0.5) is 10.1 Å². The number of carbonyl (C=O) groups excluding carboxylic acids is 1. The molecule has 0 bridgehead atoms. The molecule has 3 rings (SSSR count). The van der Waals surface area contributed by atoms with Gasteiger partial charge in [0.1, 0.15) is 11.6 Å². The van der Waals surface area contributed by atoms with E-state index in [1.165, 1.54) is 43.5 Å². The van der Waals surface area contributed by atoms with Gasteiger partial charge < -0.3 is 14.8 Å². The Balaban J connectivity index is 1.81. The number of aromatic nitrogens is 2. The van der Waals surface area contributed by atoms with Gasteiger partial charge in [0.05, 0.1) is 18.5 Å². The lowest BCUT2D eigenvalue weighted by Gasteiger charge is -2.18. The Morgan fingerprint density at radius 1 is 1.17 bits per heavy atom. The van der Waals surface area contributed by atoms with E-state index in [-0.39, 0.29) is 11.8 Å². The average molecular weight is 411 g/mol. The molecule has 3 aromatic rings. The number of carbonyl (C=O) groups is 1. The van der Waals surface area contributed by atoms with Gasteiger partial charge in [0.2, 0.25) is 5.88 Å². The second-order valence-corrected chi connectivity index (χ2v) is 6.61. The number of anilines is 1. The lowest BCUT2D eigenvalue weighted by molar-refractivity contribution is -0.123. The Kier molecular flexibility index (Phi) is 6.46. The van der Waals surface area contributed by atoms with E-state index in [1.54, 1.807) is 19.1 Å². The zero-order valence-corrected chi connectivity index (χ0v) is 16.9. The van der Waals surface area contributed by atoms with E-state index in [4.69, 9.17) is 9.47 Å². The Bertz CT molecular complexity index is 1100. The van der Waals surface area contributed by atoms with Crippen LogP contribution >= 0.6 is 0 Å². The molecule has 0 saturated carbocycles. The van der Waals surface area contributed by atoms with Crippen molar-refractivity contribution >= 4 is 11.6 Å². The van der Waals surface area contributed by atoms with Crippen molar-refractivity contribution in [2.75, 3.05) is 12.4 Å². The molecule has 1 amide bonds. The first-order valence-corrected chi connectivity index (χ1v) is 9.39. The van der Waals surface area contributed by atoms with Gasteiger partial charge in [-0.3, -0.25) is 9.59 Å². The second kappa shape index (κ2) is 9.21. The molecule has 1 atom stereocenters. The molecule has 0 aliphatic heterocycles. The SMILES string of the molecule is CCC(Oc1ccc(=O)n(-c2ccc(F)cc2)n1)C(=O)Nc1cc(C)ccc1OC. The number of amides is 1. The third kappa shape index (κ3) is 4.83. The number of nitrogens with one attached hydrogen (secondary N) is 1. The Labute approximate surface area is 173 Å². The predicted octanol–water partition coefficient (Wildman–Crippen LogP) is 3.48. The lowest BCUT2D eigenvalue weighted by Crippen LogP contribution is -2.33. The first-order valence-electron chi connectivity index (χ1n) is 9.39. The van der Waals surface area contributed by atoms with Crippen molar-refractivity contribution in [1.82, 2.24) is 9.78 Å². The maximum Gasteiger partial charge on any atom is 0.271 e. The van der Waals surface area contributed by atoms with Crippen LogP contribution in [0.1, 0.15) is 18.9 Å². The van der Waals surface area contributed by atoms with Crippen LogP contribution in [0.25, 0.3) is 5.69 Å². The number of aryl methyl sites for hydroxylation is 1. The van der Waals surface area contributed by atoms with E-state index in [2.05, 4.69) is 10.4 Å². The van der Waals surface area contributed by atoms with Crippen LogP contribution in [0.2, 0.25) is 0 Å². The number of halogens is 1. The molecule has 0 spiro atoms. The number of ether oxygens (including phenoxy) is 2. The Morgan fingerprint density at radius 3 is 2.57 bits per heavy atom. The van der Waals surface area contributed by atoms with Crippen LogP contribution in [0, 0.1) is 12.7 Å². The maximum atomic E-state index is 13.2. The molecule has 7 nitrogen and oxygen atoms in total. The summed E-state index contributed by atoms with van der Waals surface area (Å²) in [5, 5.41) is 6.96. The van der Waals surface area contributed by atoms with E-state index >= 15 is 0 Å². The Morgan fingerprint density at radius 2 is 1.90 bits per heavy atom. The fourth-order valence-corrected chi connectivity index (χ4v) is 2.83. The van der Waals surface area contributed by atoms with Gasteiger partial charge in [-0.25, -0.2) is 4.39 Å². The molecular formula is C22H22FN3O4. The zero-order valence-electron chi connectivity index (χ0n) is 16.9. The minimum absolute atomic E-state index is 0.0946. The minimum atomic E-state index is -0.845. The smallest absolute Gasteiger partial charge is 0.271 e. The summed E-state index contributed by atoms with van der Waals surface area (Å²) in [7, 11) is 1.52. The van der Waals surface area contributed by atoms with Crippen molar-refractivity contribution in [3.63, 3.8) is 0 Å². The topological polar surface area (TPSA) is 82.5 Å². The monoisotopic (exact) mass is 411 g/mol. The molecule has 0 fully saturated rings. The highest BCUT2D eigenvalue weighted by molar-refractivity contribution is 5.95. The normalized spacial score (nSPS) is 11.6. The first kappa shape index (κ1) is 21.0. The molecule has 0 aliphatic rings. The molecular weight excluding hydrogens is 389 g/mol. The number of nitrogens with zero attached hydrogens (tertiary/aromatic N) is 2. The molecule has 0 aliphatic carbocycles. The van der Waals surface area contributed by atoms with Crippen LogP contribution < -0.4 is 20.3 Å². The van der Waals surface area contributed by atoms with Crippen LogP contribution in [0.5, 0.6) is 11.6 Å². The molecule has 1 N–H and O–H groups in total. The number of hydrogen-bond acceptors (Lipinski definition) is 5. The predicted molar refractivity (Wildman–Crippen MR) is 111 cm³/mol. The molecule has 2 aromatic carbocycles. The van der Waals surface area contributed by atoms with E-state index in [0.29, 0.717) is 23.5 Å². The lowest BCUT2D eigenvalue weighted by atomic mass is 10.2. The third-order valence-corrected chi connectivity index (χ3v) is 4.39. The van der Waals surface area contributed by atoms with Gasteiger partial charge in [-0.15, -0.1) is 5.10 Å². The fourth-order valence-electron chi connectivity index (χ4n) is 2.83. The van der Waals surface area contributed by atoms with Crippen molar-refractivity contribution in [3.05, 3.63) is 76.3 Å². The average Bonchev–Trinajstić information content (AvgIpc) is 2.74. The highest BCUT2D eigenvalue weighted by Crippen LogP contribution is 2.25. The van der Waals surface area contributed by atoms with Crippen molar-refractivity contribution < 1.29 is 18.7 Å². The van der Waals surface area contributed by atoms with E-state index in [0.717, 1.165) is 10.2 Å². The summed E-state index contributed by atoms with van der Waals surface area (Å²) in [6.45, 7) is 3.71. The van der Waals surface area contributed by atoms with Crippen LogP contribution in [-0.4, -0.2) is 28.9 Å². The van der Waals surface area contributed by atoms with E-state index < -0.39 is 17.5 Å². The molecule has 156 valence electrons. The molecule has 1 aromatic heterocycles. The summed E-state index contributed by atoms with van der Waals surface area (Å²) in [5.74, 6) is -0.167. The van der Waals surface area contributed by atoms with Crippen molar-refractivity contribution in [1.29, 1.82) is 0 Å². The first-order chi connectivity index (χ1) is 14.4. The fraction of sp³-hybridized carbons (Fsp3) is 0.227. The number of rotatable bonds is 7. The highest BCUT2D eigenvalue weighted by Gasteiger charge is 2.21. The number of methoxy groups -OCH3 is 1. The summed E-state index contributed by atoms with van der Waals surface area (Å²) in [4.78, 5) is 24.9.